The molecule has 1 aliphatic rings. The zero-order valence-corrected chi connectivity index (χ0v) is 16.0. The highest BCUT2D eigenvalue weighted by molar-refractivity contribution is 5.92. The highest BCUT2D eigenvalue weighted by atomic mass is 19.1. The molecule has 0 saturated carbocycles. The van der Waals surface area contributed by atoms with E-state index >= 15 is 0 Å². The van der Waals surface area contributed by atoms with E-state index in [1.165, 1.54) is 12.1 Å². The van der Waals surface area contributed by atoms with Gasteiger partial charge in [0.2, 0.25) is 5.95 Å². The molecule has 1 amide bonds. The van der Waals surface area contributed by atoms with Gasteiger partial charge >= 0.3 is 0 Å². The van der Waals surface area contributed by atoms with Crippen molar-refractivity contribution in [1.82, 2.24) is 15.3 Å². The third-order valence-electron chi connectivity index (χ3n) is 4.93. The molecule has 4 rings (SSSR count). The van der Waals surface area contributed by atoms with Crippen LogP contribution >= 0.6 is 0 Å². The van der Waals surface area contributed by atoms with E-state index in [-0.39, 0.29) is 11.7 Å². The highest BCUT2D eigenvalue weighted by Crippen LogP contribution is 2.19. The maximum Gasteiger partial charge on any atom is 0.270 e. The summed E-state index contributed by atoms with van der Waals surface area (Å²) in [6.45, 7) is 3.47. The van der Waals surface area contributed by atoms with E-state index in [1.54, 1.807) is 24.4 Å². The zero-order chi connectivity index (χ0) is 20.1. The number of halogens is 1. The topological polar surface area (TPSA) is 61.4 Å². The third kappa shape index (κ3) is 4.68. The first-order valence-electron chi connectivity index (χ1n) is 9.60. The summed E-state index contributed by atoms with van der Waals surface area (Å²) < 4.78 is 13.1. The number of amides is 1. The lowest BCUT2D eigenvalue weighted by molar-refractivity contribution is 0.0946. The number of benzene rings is 2. The smallest absolute Gasteiger partial charge is 0.270 e. The summed E-state index contributed by atoms with van der Waals surface area (Å²) in [5, 5.41) is 2.89. The number of hydrogen-bond donors (Lipinski definition) is 1. The first-order valence-corrected chi connectivity index (χ1v) is 9.60. The highest BCUT2D eigenvalue weighted by Gasteiger charge is 2.20. The van der Waals surface area contributed by atoms with Crippen LogP contribution in [-0.4, -0.2) is 42.1 Å². The molecule has 1 aliphatic heterocycles. The Morgan fingerprint density at radius 1 is 0.931 bits per heavy atom. The van der Waals surface area contributed by atoms with Gasteiger partial charge in [-0.2, -0.15) is 0 Å². The van der Waals surface area contributed by atoms with Crippen molar-refractivity contribution >= 4 is 17.5 Å². The monoisotopic (exact) mass is 391 g/mol. The molecule has 0 unspecified atom stereocenters. The fraction of sp³-hybridized carbons (Fsp3) is 0.227. The van der Waals surface area contributed by atoms with Gasteiger partial charge in [0.1, 0.15) is 11.5 Å². The Morgan fingerprint density at radius 2 is 1.62 bits per heavy atom. The number of piperazine rings is 1. The van der Waals surface area contributed by atoms with Crippen LogP contribution < -0.4 is 15.1 Å². The van der Waals surface area contributed by atoms with Crippen molar-refractivity contribution in [1.29, 1.82) is 0 Å². The first kappa shape index (κ1) is 18.9. The minimum absolute atomic E-state index is 0.220. The fourth-order valence-electron chi connectivity index (χ4n) is 3.31. The van der Waals surface area contributed by atoms with Crippen molar-refractivity contribution in [3.8, 4) is 0 Å². The molecule has 148 valence electrons. The van der Waals surface area contributed by atoms with Crippen molar-refractivity contribution in [2.24, 2.45) is 0 Å². The Morgan fingerprint density at radius 3 is 2.34 bits per heavy atom. The standard InChI is InChI=1S/C22H22FN5O/c23-18-6-8-19(9-7-18)27-12-14-28(15-13-27)22-24-11-10-20(26-22)21(29)25-16-17-4-2-1-3-5-17/h1-11H,12-16H2,(H,25,29). The Bertz CT molecular complexity index is 956. The molecule has 6 nitrogen and oxygen atoms in total. The summed E-state index contributed by atoms with van der Waals surface area (Å²) in [4.78, 5) is 25.5. The van der Waals surface area contributed by atoms with Crippen molar-refractivity contribution in [3.63, 3.8) is 0 Å². The van der Waals surface area contributed by atoms with Gasteiger partial charge in [-0.15, -0.1) is 0 Å². The fourth-order valence-corrected chi connectivity index (χ4v) is 3.31. The van der Waals surface area contributed by atoms with Crippen LogP contribution in [0.5, 0.6) is 0 Å². The second-order valence-corrected chi connectivity index (χ2v) is 6.86. The van der Waals surface area contributed by atoms with Gasteiger partial charge in [-0.25, -0.2) is 14.4 Å². The van der Waals surface area contributed by atoms with Gasteiger partial charge in [-0.3, -0.25) is 4.79 Å². The number of nitrogens with zero attached hydrogens (tertiary/aromatic N) is 4. The molecule has 3 aromatic rings. The van der Waals surface area contributed by atoms with Crippen molar-refractivity contribution < 1.29 is 9.18 Å². The van der Waals surface area contributed by atoms with E-state index < -0.39 is 0 Å². The third-order valence-corrected chi connectivity index (χ3v) is 4.93. The number of carbonyl (C=O) groups excluding carboxylic acids is 1. The van der Waals surface area contributed by atoms with Gasteiger partial charge in [0.25, 0.3) is 5.91 Å². The number of aromatic nitrogens is 2. The summed E-state index contributed by atoms with van der Waals surface area (Å²) in [5.74, 6) is 0.0988. The Hall–Kier alpha value is -3.48. The molecule has 2 aromatic carbocycles. The average Bonchev–Trinajstić information content (AvgIpc) is 2.79. The van der Waals surface area contributed by atoms with Crippen LogP contribution in [0.2, 0.25) is 0 Å². The summed E-state index contributed by atoms with van der Waals surface area (Å²) in [6.07, 6.45) is 1.62. The number of nitrogens with one attached hydrogen (secondary N) is 1. The van der Waals surface area contributed by atoms with Crippen molar-refractivity contribution in [3.05, 3.63) is 83.9 Å². The maximum atomic E-state index is 13.1. The lowest BCUT2D eigenvalue weighted by atomic mass is 10.2. The summed E-state index contributed by atoms with van der Waals surface area (Å²) in [5.41, 5.74) is 2.39. The molecule has 29 heavy (non-hydrogen) atoms. The van der Waals surface area contributed by atoms with Crippen LogP contribution in [0, 0.1) is 5.82 Å². The Labute approximate surface area is 169 Å². The van der Waals surface area contributed by atoms with Gasteiger partial charge in [-0.1, -0.05) is 30.3 Å². The lowest BCUT2D eigenvalue weighted by Crippen LogP contribution is -2.47. The summed E-state index contributed by atoms with van der Waals surface area (Å²) in [7, 11) is 0. The molecule has 1 fully saturated rings. The van der Waals surface area contributed by atoms with Gasteiger partial charge in [-0.05, 0) is 35.9 Å². The van der Waals surface area contributed by atoms with E-state index in [1.807, 2.05) is 30.3 Å². The maximum absolute atomic E-state index is 13.1. The normalized spacial score (nSPS) is 14.0. The number of carbonyl (C=O) groups is 1. The van der Waals surface area contributed by atoms with Gasteiger partial charge in [0, 0.05) is 44.6 Å². The van der Waals surface area contributed by atoms with E-state index in [0.717, 1.165) is 37.4 Å². The Balaban J connectivity index is 1.36. The minimum atomic E-state index is -0.233. The Kier molecular flexibility index (Phi) is 5.65. The summed E-state index contributed by atoms with van der Waals surface area (Å²) in [6, 6.07) is 17.9. The SMILES string of the molecule is O=C(NCc1ccccc1)c1ccnc(N2CCN(c3ccc(F)cc3)CC2)n1. The first-order chi connectivity index (χ1) is 14.2. The largest absolute Gasteiger partial charge is 0.368 e. The van der Waals surface area contributed by atoms with Crippen LogP contribution in [0.4, 0.5) is 16.0 Å². The average molecular weight is 391 g/mol. The molecule has 2 heterocycles. The zero-order valence-electron chi connectivity index (χ0n) is 16.0. The van der Waals surface area contributed by atoms with Crippen molar-refractivity contribution in [2.45, 2.75) is 6.54 Å². The molecule has 0 spiro atoms. The van der Waals surface area contributed by atoms with Crippen LogP contribution in [0.3, 0.4) is 0 Å². The molecule has 0 atom stereocenters. The van der Waals surface area contributed by atoms with Crippen LogP contribution in [-0.2, 0) is 6.54 Å². The number of anilines is 2. The molecule has 1 N–H and O–H groups in total. The second kappa shape index (κ2) is 8.68. The molecular weight excluding hydrogens is 369 g/mol. The molecule has 0 radical (unpaired) electrons. The van der Waals surface area contributed by atoms with E-state index in [4.69, 9.17) is 0 Å². The molecule has 1 aromatic heterocycles. The molecular formula is C22H22FN5O. The lowest BCUT2D eigenvalue weighted by Gasteiger charge is -2.36. The van der Waals surface area contributed by atoms with Crippen molar-refractivity contribution in [2.75, 3.05) is 36.0 Å². The molecule has 1 saturated heterocycles. The number of rotatable bonds is 5. The quantitative estimate of drug-likeness (QED) is 0.725. The predicted molar refractivity (Wildman–Crippen MR) is 110 cm³/mol. The molecule has 0 aliphatic carbocycles. The summed E-state index contributed by atoms with van der Waals surface area (Å²) >= 11 is 0. The minimum Gasteiger partial charge on any atom is -0.368 e. The van der Waals surface area contributed by atoms with Crippen LogP contribution in [0.1, 0.15) is 16.1 Å². The van der Waals surface area contributed by atoms with E-state index in [2.05, 4.69) is 25.1 Å². The van der Waals surface area contributed by atoms with Gasteiger partial charge < -0.3 is 15.1 Å². The predicted octanol–water partition coefficient (Wildman–Crippen LogP) is 2.87. The van der Waals surface area contributed by atoms with Gasteiger partial charge in [0.05, 0.1) is 0 Å². The van der Waals surface area contributed by atoms with E-state index in [0.29, 0.717) is 18.2 Å². The van der Waals surface area contributed by atoms with Crippen LogP contribution in [0.25, 0.3) is 0 Å². The molecule has 7 heteroatoms. The second-order valence-electron chi connectivity index (χ2n) is 6.86. The van der Waals surface area contributed by atoms with Gasteiger partial charge in [0.15, 0.2) is 0 Å². The van der Waals surface area contributed by atoms with E-state index in [9.17, 15) is 9.18 Å². The number of hydrogen-bond acceptors (Lipinski definition) is 5. The molecule has 0 bridgehead atoms. The van der Waals surface area contributed by atoms with Crippen LogP contribution in [0.15, 0.2) is 66.9 Å².